The molecule has 1 unspecified atom stereocenters. The van der Waals surface area contributed by atoms with Gasteiger partial charge in [0.25, 0.3) is 0 Å². The van der Waals surface area contributed by atoms with Gasteiger partial charge in [-0.25, -0.2) is 0 Å². The van der Waals surface area contributed by atoms with Gasteiger partial charge in [0.1, 0.15) is 0 Å². The van der Waals surface area contributed by atoms with Crippen molar-refractivity contribution in [3.63, 3.8) is 0 Å². The van der Waals surface area contributed by atoms with Crippen LogP contribution in [-0.4, -0.2) is 28.0 Å². The molecule has 4 heteroatoms. The van der Waals surface area contributed by atoms with Crippen molar-refractivity contribution in [2.45, 2.75) is 71.2 Å². The van der Waals surface area contributed by atoms with Crippen molar-refractivity contribution in [3.05, 3.63) is 18.0 Å². The molecule has 2 rings (SSSR count). The Bertz CT molecular complexity index is 384. The third-order valence-corrected chi connectivity index (χ3v) is 4.39. The molecule has 0 bridgehead atoms. The maximum atomic E-state index is 6.01. The molecule has 108 valence electrons. The SMILES string of the molecule is CCn1cc(CNC2CCOC(CC)(CC)C2)cn1. The van der Waals surface area contributed by atoms with Crippen LogP contribution in [0.5, 0.6) is 0 Å². The Morgan fingerprint density at radius 1 is 1.42 bits per heavy atom. The van der Waals surface area contributed by atoms with Crippen LogP contribution in [0.2, 0.25) is 0 Å². The summed E-state index contributed by atoms with van der Waals surface area (Å²) >= 11 is 0. The zero-order valence-electron chi connectivity index (χ0n) is 12.5. The summed E-state index contributed by atoms with van der Waals surface area (Å²) in [4.78, 5) is 0. The van der Waals surface area contributed by atoms with Crippen molar-refractivity contribution >= 4 is 0 Å². The Kier molecular flexibility index (Phi) is 4.99. The van der Waals surface area contributed by atoms with E-state index >= 15 is 0 Å². The van der Waals surface area contributed by atoms with Gasteiger partial charge in [0.05, 0.1) is 11.8 Å². The van der Waals surface area contributed by atoms with Gasteiger partial charge < -0.3 is 10.1 Å². The first-order chi connectivity index (χ1) is 9.21. The molecule has 1 aliphatic rings. The minimum Gasteiger partial charge on any atom is -0.375 e. The van der Waals surface area contributed by atoms with Crippen molar-refractivity contribution in [3.8, 4) is 0 Å². The van der Waals surface area contributed by atoms with Gasteiger partial charge in [-0.05, 0) is 32.6 Å². The van der Waals surface area contributed by atoms with Gasteiger partial charge >= 0.3 is 0 Å². The van der Waals surface area contributed by atoms with Crippen LogP contribution >= 0.6 is 0 Å². The van der Waals surface area contributed by atoms with E-state index in [2.05, 4.69) is 37.4 Å². The van der Waals surface area contributed by atoms with Gasteiger partial charge in [-0.15, -0.1) is 0 Å². The monoisotopic (exact) mass is 265 g/mol. The number of rotatable bonds is 6. The fraction of sp³-hybridized carbons (Fsp3) is 0.800. The van der Waals surface area contributed by atoms with Crippen LogP contribution < -0.4 is 5.32 Å². The quantitative estimate of drug-likeness (QED) is 0.859. The van der Waals surface area contributed by atoms with E-state index < -0.39 is 0 Å². The molecule has 0 aliphatic carbocycles. The molecule has 1 saturated heterocycles. The molecule has 1 N–H and O–H groups in total. The normalized spacial score (nSPS) is 22.6. The molecular weight excluding hydrogens is 238 g/mol. The first-order valence-corrected chi connectivity index (χ1v) is 7.60. The molecule has 1 aliphatic heterocycles. The number of nitrogens with zero attached hydrogens (tertiary/aromatic N) is 2. The highest BCUT2D eigenvalue weighted by atomic mass is 16.5. The minimum absolute atomic E-state index is 0.101. The number of hydrogen-bond acceptors (Lipinski definition) is 3. The summed E-state index contributed by atoms with van der Waals surface area (Å²) in [6, 6.07) is 0.568. The van der Waals surface area contributed by atoms with E-state index in [1.165, 1.54) is 5.56 Å². The highest BCUT2D eigenvalue weighted by molar-refractivity contribution is 5.04. The standard InChI is InChI=1S/C15H27N3O/c1-4-15(5-2)9-14(7-8-19-15)16-10-13-11-17-18(6-3)12-13/h11-12,14,16H,4-10H2,1-3H3. The summed E-state index contributed by atoms with van der Waals surface area (Å²) in [5.74, 6) is 0. The minimum atomic E-state index is 0.101. The first kappa shape index (κ1) is 14.5. The molecule has 1 fully saturated rings. The first-order valence-electron chi connectivity index (χ1n) is 7.60. The van der Waals surface area contributed by atoms with E-state index in [0.29, 0.717) is 6.04 Å². The second-order valence-corrected chi connectivity index (χ2v) is 5.51. The van der Waals surface area contributed by atoms with Gasteiger partial charge in [0, 0.05) is 37.5 Å². The van der Waals surface area contributed by atoms with E-state index in [9.17, 15) is 0 Å². The van der Waals surface area contributed by atoms with Crippen molar-refractivity contribution in [2.24, 2.45) is 0 Å². The lowest BCUT2D eigenvalue weighted by atomic mass is 9.86. The zero-order chi connectivity index (χ0) is 13.7. The van der Waals surface area contributed by atoms with E-state index in [1.807, 2.05) is 10.9 Å². The summed E-state index contributed by atoms with van der Waals surface area (Å²) in [7, 11) is 0. The molecule has 1 aromatic rings. The molecular formula is C15H27N3O. The Morgan fingerprint density at radius 2 is 2.21 bits per heavy atom. The van der Waals surface area contributed by atoms with Crippen LogP contribution in [0.3, 0.4) is 0 Å². The maximum Gasteiger partial charge on any atom is 0.0692 e. The number of ether oxygens (including phenoxy) is 1. The molecule has 0 saturated carbocycles. The van der Waals surface area contributed by atoms with Crippen molar-refractivity contribution < 1.29 is 4.74 Å². The lowest BCUT2D eigenvalue weighted by Gasteiger charge is -2.40. The van der Waals surface area contributed by atoms with E-state index in [1.54, 1.807) is 0 Å². The second-order valence-electron chi connectivity index (χ2n) is 5.51. The van der Waals surface area contributed by atoms with Gasteiger partial charge in [-0.3, -0.25) is 4.68 Å². The summed E-state index contributed by atoms with van der Waals surface area (Å²) in [5, 5.41) is 7.98. The molecule has 0 spiro atoms. The number of nitrogens with one attached hydrogen (secondary N) is 1. The van der Waals surface area contributed by atoms with Gasteiger partial charge in [0.15, 0.2) is 0 Å². The molecule has 19 heavy (non-hydrogen) atoms. The number of hydrogen-bond donors (Lipinski definition) is 1. The maximum absolute atomic E-state index is 6.01. The average molecular weight is 265 g/mol. The van der Waals surface area contributed by atoms with Crippen LogP contribution in [0.25, 0.3) is 0 Å². The highest BCUT2D eigenvalue weighted by Crippen LogP contribution is 2.31. The summed E-state index contributed by atoms with van der Waals surface area (Å²) in [5.41, 5.74) is 1.37. The second kappa shape index (κ2) is 6.53. The lowest BCUT2D eigenvalue weighted by molar-refractivity contribution is -0.0932. The largest absolute Gasteiger partial charge is 0.375 e. The molecule has 1 atom stereocenters. The van der Waals surface area contributed by atoms with Gasteiger partial charge in [0.2, 0.25) is 0 Å². The van der Waals surface area contributed by atoms with Crippen LogP contribution in [0.15, 0.2) is 12.4 Å². The predicted octanol–water partition coefficient (Wildman–Crippen LogP) is 2.73. The highest BCUT2D eigenvalue weighted by Gasteiger charge is 2.34. The van der Waals surface area contributed by atoms with E-state index in [0.717, 1.165) is 45.4 Å². The van der Waals surface area contributed by atoms with Crippen LogP contribution in [0.1, 0.15) is 52.0 Å². The Hall–Kier alpha value is -0.870. The van der Waals surface area contributed by atoms with Gasteiger partial charge in [-0.1, -0.05) is 13.8 Å². The predicted molar refractivity (Wildman–Crippen MR) is 77.0 cm³/mol. The van der Waals surface area contributed by atoms with Crippen molar-refractivity contribution in [1.29, 1.82) is 0 Å². The fourth-order valence-electron chi connectivity index (χ4n) is 2.88. The molecule has 0 radical (unpaired) electrons. The number of aromatic nitrogens is 2. The third kappa shape index (κ3) is 3.57. The molecule has 0 amide bonds. The van der Waals surface area contributed by atoms with Crippen LogP contribution in [0.4, 0.5) is 0 Å². The zero-order valence-corrected chi connectivity index (χ0v) is 12.5. The Labute approximate surface area is 116 Å². The van der Waals surface area contributed by atoms with Crippen LogP contribution in [-0.2, 0) is 17.8 Å². The summed E-state index contributed by atoms with van der Waals surface area (Å²) in [6.45, 7) is 9.31. The summed E-state index contributed by atoms with van der Waals surface area (Å²) < 4.78 is 7.99. The van der Waals surface area contributed by atoms with E-state index in [4.69, 9.17) is 4.74 Å². The molecule has 2 heterocycles. The Balaban J connectivity index is 1.85. The molecule has 1 aromatic heterocycles. The smallest absolute Gasteiger partial charge is 0.0692 e. The molecule has 4 nitrogen and oxygen atoms in total. The topological polar surface area (TPSA) is 39.1 Å². The van der Waals surface area contributed by atoms with Crippen molar-refractivity contribution in [1.82, 2.24) is 15.1 Å². The molecule has 0 aromatic carbocycles. The third-order valence-electron chi connectivity index (χ3n) is 4.39. The van der Waals surface area contributed by atoms with Gasteiger partial charge in [-0.2, -0.15) is 5.10 Å². The Morgan fingerprint density at radius 3 is 2.84 bits per heavy atom. The number of aryl methyl sites for hydroxylation is 1. The lowest BCUT2D eigenvalue weighted by Crippen LogP contribution is -2.46. The van der Waals surface area contributed by atoms with E-state index in [-0.39, 0.29) is 5.60 Å². The average Bonchev–Trinajstić information content (AvgIpc) is 2.93. The van der Waals surface area contributed by atoms with Crippen molar-refractivity contribution in [2.75, 3.05) is 6.61 Å². The fourth-order valence-corrected chi connectivity index (χ4v) is 2.88. The van der Waals surface area contributed by atoms with Crippen LogP contribution in [0, 0.1) is 0 Å². The summed E-state index contributed by atoms with van der Waals surface area (Å²) in [6.07, 6.45) is 8.54.